The first-order chi connectivity index (χ1) is 15.0. The molecule has 3 N–H and O–H groups in total. The van der Waals surface area contributed by atoms with Crippen LogP contribution in [0.2, 0.25) is 0 Å². The maximum absolute atomic E-state index is 14.0. The zero-order valence-corrected chi connectivity index (χ0v) is 18.5. The summed E-state index contributed by atoms with van der Waals surface area (Å²) in [5.74, 6) is -0.270. The standard InChI is InChI=1S/C28H34FNO/c1-3-4-5-7-12-21-17-23-26(31)15-16-28(23,19(2)20-10-8-6-9-11-20)27(21)22-13-14-24(29)25(30)18-22/h6,8-11,13-14,18,23,26,31H,2-5,7,12,15-17,30H2,1H3. The summed E-state index contributed by atoms with van der Waals surface area (Å²) in [5.41, 5.74) is 11.6. The van der Waals surface area contributed by atoms with Crippen LogP contribution in [0.1, 0.15) is 69.4 Å². The summed E-state index contributed by atoms with van der Waals surface area (Å²) < 4.78 is 14.0. The third-order valence-electron chi connectivity index (χ3n) is 7.48. The summed E-state index contributed by atoms with van der Waals surface area (Å²) >= 11 is 0. The molecule has 2 aliphatic carbocycles. The van der Waals surface area contributed by atoms with Gasteiger partial charge in [-0.15, -0.1) is 0 Å². The number of rotatable bonds is 8. The van der Waals surface area contributed by atoms with Gasteiger partial charge in [-0.25, -0.2) is 4.39 Å². The fraction of sp³-hybridized carbons (Fsp3) is 0.429. The molecule has 164 valence electrons. The number of halogens is 1. The number of nitrogens with two attached hydrogens (primary N) is 1. The van der Waals surface area contributed by atoms with Crippen LogP contribution in [-0.2, 0) is 0 Å². The van der Waals surface area contributed by atoms with Crippen molar-refractivity contribution in [3.05, 3.63) is 77.6 Å². The van der Waals surface area contributed by atoms with Crippen LogP contribution >= 0.6 is 0 Å². The van der Waals surface area contributed by atoms with Crippen molar-refractivity contribution in [1.82, 2.24) is 0 Å². The van der Waals surface area contributed by atoms with Crippen LogP contribution in [0.25, 0.3) is 11.1 Å². The minimum absolute atomic E-state index is 0.114. The highest BCUT2D eigenvalue weighted by molar-refractivity contribution is 5.90. The van der Waals surface area contributed by atoms with Gasteiger partial charge in [0.05, 0.1) is 11.8 Å². The van der Waals surface area contributed by atoms with Crippen molar-refractivity contribution in [1.29, 1.82) is 0 Å². The smallest absolute Gasteiger partial charge is 0.146 e. The number of allylic oxidation sites excluding steroid dienone is 3. The highest BCUT2D eigenvalue weighted by Gasteiger charge is 2.56. The number of hydrogen-bond donors (Lipinski definition) is 2. The zero-order chi connectivity index (χ0) is 22.0. The van der Waals surface area contributed by atoms with Crippen molar-refractivity contribution in [2.24, 2.45) is 11.3 Å². The van der Waals surface area contributed by atoms with Gasteiger partial charge in [0, 0.05) is 11.3 Å². The second kappa shape index (κ2) is 9.00. The van der Waals surface area contributed by atoms with Gasteiger partial charge in [-0.1, -0.05) is 74.7 Å². The Labute approximate surface area is 185 Å². The van der Waals surface area contributed by atoms with Gasteiger partial charge in [-0.05, 0) is 66.5 Å². The molecule has 3 atom stereocenters. The molecule has 3 heteroatoms. The zero-order valence-electron chi connectivity index (χ0n) is 18.5. The molecule has 0 radical (unpaired) electrons. The Hall–Kier alpha value is -2.39. The third kappa shape index (κ3) is 3.85. The summed E-state index contributed by atoms with van der Waals surface area (Å²) in [6.45, 7) is 6.81. The lowest BCUT2D eigenvalue weighted by atomic mass is 9.66. The molecular formula is C28H34FNO. The summed E-state index contributed by atoms with van der Waals surface area (Å²) in [4.78, 5) is 0. The van der Waals surface area contributed by atoms with Crippen LogP contribution in [0, 0.1) is 17.2 Å². The second-order valence-corrected chi connectivity index (χ2v) is 9.26. The van der Waals surface area contributed by atoms with E-state index in [1.807, 2.05) is 24.3 Å². The van der Waals surface area contributed by atoms with Crippen molar-refractivity contribution in [2.45, 2.75) is 64.4 Å². The molecule has 0 aromatic heterocycles. The molecular weight excluding hydrogens is 385 g/mol. The van der Waals surface area contributed by atoms with E-state index in [1.165, 1.54) is 36.5 Å². The summed E-state index contributed by atoms with van der Waals surface area (Å²) in [6, 6.07) is 15.4. The van der Waals surface area contributed by atoms with Gasteiger partial charge < -0.3 is 10.8 Å². The molecule has 0 amide bonds. The first-order valence-electron chi connectivity index (χ1n) is 11.7. The number of aliphatic hydroxyl groups is 1. The van der Waals surface area contributed by atoms with E-state index in [-0.39, 0.29) is 28.9 Å². The van der Waals surface area contributed by atoms with Gasteiger partial charge in [0.15, 0.2) is 0 Å². The van der Waals surface area contributed by atoms with E-state index in [0.29, 0.717) is 0 Å². The lowest BCUT2D eigenvalue weighted by Gasteiger charge is -2.37. The number of aliphatic hydroxyl groups excluding tert-OH is 1. The molecule has 1 saturated carbocycles. The molecule has 2 aliphatic rings. The predicted octanol–water partition coefficient (Wildman–Crippen LogP) is 7.01. The lowest BCUT2D eigenvalue weighted by molar-refractivity contribution is 0.120. The third-order valence-corrected chi connectivity index (χ3v) is 7.48. The first-order valence-corrected chi connectivity index (χ1v) is 11.7. The normalized spacial score (nSPS) is 25.1. The van der Waals surface area contributed by atoms with Crippen molar-refractivity contribution in [3.8, 4) is 0 Å². The molecule has 4 rings (SSSR count). The molecule has 0 spiro atoms. The fourth-order valence-electron chi connectivity index (χ4n) is 5.97. The highest BCUT2D eigenvalue weighted by atomic mass is 19.1. The average molecular weight is 420 g/mol. The lowest BCUT2D eigenvalue weighted by Crippen LogP contribution is -2.29. The Morgan fingerprint density at radius 1 is 1.16 bits per heavy atom. The Kier molecular flexibility index (Phi) is 6.34. The molecule has 31 heavy (non-hydrogen) atoms. The van der Waals surface area contributed by atoms with Crippen LogP contribution in [0.5, 0.6) is 0 Å². The van der Waals surface area contributed by atoms with E-state index in [2.05, 4.69) is 25.6 Å². The maximum atomic E-state index is 14.0. The molecule has 0 aliphatic heterocycles. The maximum Gasteiger partial charge on any atom is 0.146 e. The number of anilines is 1. The monoisotopic (exact) mass is 419 g/mol. The SMILES string of the molecule is C=C(c1ccccc1)C12CCC(O)C1CC(CCCCCC)=C2c1ccc(F)c(N)c1. The van der Waals surface area contributed by atoms with Gasteiger partial charge in [0.2, 0.25) is 0 Å². The van der Waals surface area contributed by atoms with Gasteiger partial charge in [-0.3, -0.25) is 0 Å². The minimum Gasteiger partial charge on any atom is -0.396 e. The quantitative estimate of drug-likeness (QED) is 0.357. The average Bonchev–Trinajstić information content (AvgIpc) is 3.28. The van der Waals surface area contributed by atoms with E-state index < -0.39 is 0 Å². The van der Waals surface area contributed by atoms with Gasteiger partial charge in [-0.2, -0.15) is 0 Å². The Morgan fingerprint density at radius 2 is 1.94 bits per heavy atom. The molecule has 0 bridgehead atoms. The first kappa shape index (κ1) is 21.8. The molecule has 2 nitrogen and oxygen atoms in total. The minimum atomic E-state index is -0.384. The van der Waals surface area contributed by atoms with Crippen LogP contribution in [-0.4, -0.2) is 11.2 Å². The molecule has 2 aromatic carbocycles. The Bertz CT molecular complexity index is 980. The van der Waals surface area contributed by atoms with Crippen molar-refractivity contribution >= 4 is 16.8 Å². The molecule has 3 unspecified atom stereocenters. The van der Waals surface area contributed by atoms with E-state index >= 15 is 0 Å². The topological polar surface area (TPSA) is 46.2 Å². The molecule has 1 fully saturated rings. The van der Waals surface area contributed by atoms with Crippen molar-refractivity contribution < 1.29 is 9.50 Å². The van der Waals surface area contributed by atoms with Gasteiger partial charge in [0.1, 0.15) is 5.82 Å². The number of hydrogen-bond acceptors (Lipinski definition) is 2. The van der Waals surface area contributed by atoms with E-state index in [9.17, 15) is 9.50 Å². The highest BCUT2D eigenvalue weighted by Crippen LogP contribution is 2.66. The predicted molar refractivity (Wildman–Crippen MR) is 128 cm³/mol. The molecule has 2 aromatic rings. The van der Waals surface area contributed by atoms with Crippen LogP contribution in [0.3, 0.4) is 0 Å². The van der Waals surface area contributed by atoms with E-state index in [1.54, 1.807) is 6.07 Å². The van der Waals surface area contributed by atoms with E-state index in [0.717, 1.165) is 48.8 Å². The number of benzene rings is 2. The number of unbranched alkanes of at least 4 members (excludes halogenated alkanes) is 3. The van der Waals surface area contributed by atoms with Crippen LogP contribution in [0.15, 0.2) is 60.7 Å². The molecule has 0 saturated heterocycles. The summed E-state index contributed by atoms with van der Waals surface area (Å²) in [6.07, 6.45) is 7.96. The fourth-order valence-corrected chi connectivity index (χ4v) is 5.97. The van der Waals surface area contributed by atoms with E-state index in [4.69, 9.17) is 5.73 Å². The van der Waals surface area contributed by atoms with Crippen LogP contribution < -0.4 is 5.73 Å². The van der Waals surface area contributed by atoms with Crippen molar-refractivity contribution in [2.75, 3.05) is 5.73 Å². The second-order valence-electron chi connectivity index (χ2n) is 9.26. The van der Waals surface area contributed by atoms with Gasteiger partial charge in [0.25, 0.3) is 0 Å². The molecule has 0 heterocycles. The largest absolute Gasteiger partial charge is 0.396 e. The van der Waals surface area contributed by atoms with Crippen molar-refractivity contribution in [3.63, 3.8) is 0 Å². The number of fused-ring (bicyclic) bond motifs is 1. The Morgan fingerprint density at radius 3 is 2.65 bits per heavy atom. The summed E-state index contributed by atoms with van der Waals surface area (Å²) in [7, 11) is 0. The van der Waals surface area contributed by atoms with Crippen LogP contribution in [0.4, 0.5) is 10.1 Å². The number of nitrogen functional groups attached to an aromatic ring is 1. The van der Waals surface area contributed by atoms with Gasteiger partial charge >= 0.3 is 0 Å². The summed E-state index contributed by atoms with van der Waals surface area (Å²) in [5, 5.41) is 11.0. The Balaban J connectivity index is 1.84.